The number of anilines is 1. The van der Waals surface area contributed by atoms with Gasteiger partial charge in [0.15, 0.2) is 0 Å². The molecule has 0 spiro atoms. The van der Waals surface area contributed by atoms with E-state index in [2.05, 4.69) is 15.0 Å². The number of benzene rings is 1. The minimum atomic E-state index is -0.450. The molecule has 0 saturated heterocycles. The first-order valence-corrected chi connectivity index (χ1v) is 9.32. The summed E-state index contributed by atoms with van der Waals surface area (Å²) in [5.41, 5.74) is 11.6. The Balaban J connectivity index is 1.89. The SMILES string of the molecule is Cc1cc(F)c(N)cc1-c1cc(OCCO)nc(-c2ccnc3c2C=NC3C)c1. The first-order valence-electron chi connectivity index (χ1n) is 9.32. The Morgan fingerprint density at radius 1 is 1.21 bits per heavy atom. The van der Waals surface area contributed by atoms with E-state index in [1.54, 1.807) is 18.3 Å². The van der Waals surface area contributed by atoms with Crippen molar-refractivity contribution in [1.29, 1.82) is 0 Å². The molecule has 1 atom stereocenters. The zero-order chi connectivity index (χ0) is 20.5. The van der Waals surface area contributed by atoms with Crippen molar-refractivity contribution in [2.75, 3.05) is 18.9 Å². The van der Waals surface area contributed by atoms with Gasteiger partial charge in [-0.3, -0.25) is 9.98 Å². The summed E-state index contributed by atoms with van der Waals surface area (Å²) in [5, 5.41) is 9.13. The molecule has 3 N–H and O–H groups in total. The van der Waals surface area contributed by atoms with E-state index in [0.717, 1.165) is 33.5 Å². The fourth-order valence-corrected chi connectivity index (χ4v) is 3.46. The molecule has 6 nitrogen and oxygen atoms in total. The Labute approximate surface area is 167 Å². The second-order valence-corrected chi connectivity index (χ2v) is 6.95. The van der Waals surface area contributed by atoms with Gasteiger partial charge in [0, 0.05) is 29.6 Å². The third kappa shape index (κ3) is 3.56. The van der Waals surface area contributed by atoms with Crippen molar-refractivity contribution >= 4 is 11.9 Å². The van der Waals surface area contributed by atoms with Crippen LogP contribution in [0.15, 0.2) is 41.5 Å². The maximum absolute atomic E-state index is 13.8. The van der Waals surface area contributed by atoms with Gasteiger partial charge in [-0.2, -0.15) is 0 Å². The standard InChI is InChI=1S/C22H21FN4O2/c1-12-7-18(23)19(24)10-16(12)14-8-20(27-21(9-14)29-6-5-28)15-3-4-25-22-13(2)26-11-17(15)22/h3-4,7-11,13,28H,5-6,24H2,1-2H3. The fraction of sp³-hybridized carbons (Fsp3) is 0.227. The molecule has 0 bridgehead atoms. The van der Waals surface area contributed by atoms with Crippen molar-refractivity contribution in [3.8, 4) is 28.3 Å². The summed E-state index contributed by atoms with van der Waals surface area (Å²) < 4.78 is 19.4. The summed E-state index contributed by atoms with van der Waals surface area (Å²) in [6, 6.07) is 8.58. The molecule has 0 amide bonds. The molecule has 0 saturated carbocycles. The normalized spacial score (nSPS) is 14.8. The number of nitrogen functional groups attached to an aromatic ring is 1. The number of aliphatic imine (C=N–C) groups is 1. The molecular weight excluding hydrogens is 371 g/mol. The number of nitrogens with two attached hydrogens (primary N) is 1. The zero-order valence-electron chi connectivity index (χ0n) is 16.2. The van der Waals surface area contributed by atoms with Crippen LogP contribution in [0.5, 0.6) is 5.88 Å². The molecule has 3 aromatic rings. The Morgan fingerprint density at radius 3 is 2.83 bits per heavy atom. The molecule has 0 radical (unpaired) electrons. The Kier molecular flexibility index (Phi) is 4.98. The van der Waals surface area contributed by atoms with Crippen LogP contribution >= 0.6 is 0 Å². The number of rotatable bonds is 5. The van der Waals surface area contributed by atoms with Gasteiger partial charge in [0.2, 0.25) is 5.88 Å². The van der Waals surface area contributed by atoms with Gasteiger partial charge in [0.05, 0.1) is 29.7 Å². The number of aromatic nitrogens is 2. The van der Waals surface area contributed by atoms with Crippen LogP contribution in [0.25, 0.3) is 22.4 Å². The molecular formula is C22H21FN4O2. The molecule has 1 unspecified atom stereocenters. The lowest BCUT2D eigenvalue weighted by molar-refractivity contribution is 0.197. The molecule has 1 aliphatic heterocycles. The molecule has 29 heavy (non-hydrogen) atoms. The van der Waals surface area contributed by atoms with Crippen molar-refractivity contribution in [3.05, 3.63) is 59.2 Å². The predicted octanol–water partition coefficient (Wildman–Crippen LogP) is 3.70. The van der Waals surface area contributed by atoms with Crippen molar-refractivity contribution in [2.45, 2.75) is 19.9 Å². The van der Waals surface area contributed by atoms with Crippen molar-refractivity contribution in [2.24, 2.45) is 4.99 Å². The first-order chi connectivity index (χ1) is 14.0. The second kappa shape index (κ2) is 7.60. The molecule has 4 rings (SSSR count). The van der Waals surface area contributed by atoms with E-state index in [9.17, 15) is 4.39 Å². The molecule has 7 heteroatoms. The van der Waals surface area contributed by atoms with Crippen LogP contribution in [-0.2, 0) is 0 Å². The average Bonchev–Trinajstić information content (AvgIpc) is 3.10. The fourth-order valence-electron chi connectivity index (χ4n) is 3.46. The first kappa shape index (κ1) is 19.0. The molecule has 0 aliphatic carbocycles. The maximum atomic E-state index is 13.8. The summed E-state index contributed by atoms with van der Waals surface area (Å²) in [6.07, 6.45) is 3.55. The monoisotopic (exact) mass is 392 g/mol. The van der Waals surface area contributed by atoms with E-state index in [1.807, 2.05) is 32.2 Å². The van der Waals surface area contributed by atoms with Gasteiger partial charge in [-0.25, -0.2) is 9.37 Å². The van der Waals surface area contributed by atoms with Gasteiger partial charge in [0.1, 0.15) is 12.4 Å². The van der Waals surface area contributed by atoms with E-state index >= 15 is 0 Å². The largest absolute Gasteiger partial charge is 0.475 e. The minimum absolute atomic E-state index is 0.00242. The van der Waals surface area contributed by atoms with Crippen LogP contribution in [0.2, 0.25) is 0 Å². The summed E-state index contributed by atoms with van der Waals surface area (Å²) in [5.74, 6) is -0.0863. The van der Waals surface area contributed by atoms with E-state index in [0.29, 0.717) is 11.6 Å². The van der Waals surface area contributed by atoms with Crippen LogP contribution < -0.4 is 10.5 Å². The highest BCUT2D eigenvalue weighted by molar-refractivity contribution is 5.93. The van der Waals surface area contributed by atoms with Crippen molar-refractivity contribution < 1.29 is 14.2 Å². The van der Waals surface area contributed by atoms with E-state index < -0.39 is 5.82 Å². The van der Waals surface area contributed by atoms with E-state index in [1.165, 1.54) is 6.07 Å². The number of nitrogens with zero attached hydrogens (tertiary/aromatic N) is 3. The van der Waals surface area contributed by atoms with E-state index in [-0.39, 0.29) is 24.9 Å². The Bertz CT molecular complexity index is 1110. The molecule has 2 aromatic heterocycles. The van der Waals surface area contributed by atoms with E-state index in [4.69, 9.17) is 15.6 Å². The minimum Gasteiger partial charge on any atom is -0.475 e. The van der Waals surface area contributed by atoms with Gasteiger partial charge >= 0.3 is 0 Å². The van der Waals surface area contributed by atoms with Crippen LogP contribution in [0.1, 0.15) is 29.8 Å². The average molecular weight is 392 g/mol. The smallest absolute Gasteiger partial charge is 0.214 e. The molecule has 0 fully saturated rings. The van der Waals surface area contributed by atoms with Crippen LogP contribution in [0.3, 0.4) is 0 Å². The Morgan fingerprint density at radius 2 is 2.03 bits per heavy atom. The van der Waals surface area contributed by atoms with Crippen LogP contribution in [0.4, 0.5) is 10.1 Å². The number of hydrogen-bond donors (Lipinski definition) is 2. The number of halogens is 1. The van der Waals surface area contributed by atoms with Gasteiger partial charge in [-0.15, -0.1) is 0 Å². The molecule has 1 aromatic carbocycles. The van der Waals surface area contributed by atoms with Crippen LogP contribution in [0, 0.1) is 12.7 Å². The van der Waals surface area contributed by atoms with Crippen molar-refractivity contribution in [1.82, 2.24) is 9.97 Å². The molecule has 3 heterocycles. The van der Waals surface area contributed by atoms with Gasteiger partial charge in [0.25, 0.3) is 0 Å². The lowest BCUT2D eigenvalue weighted by atomic mass is 9.97. The highest BCUT2D eigenvalue weighted by atomic mass is 19.1. The highest BCUT2D eigenvalue weighted by Gasteiger charge is 2.21. The Hall–Kier alpha value is -3.32. The number of pyridine rings is 2. The molecule has 1 aliphatic rings. The van der Waals surface area contributed by atoms with Gasteiger partial charge < -0.3 is 15.6 Å². The third-order valence-corrected chi connectivity index (χ3v) is 4.92. The topological polar surface area (TPSA) is 93.6 Å². The number of hydrogen-bond acceptors (Lipinski definition) is 6. The predicted molar refractivity (Wildman–Crippen MR) is 111 cm³/mol. The van der Waals surface area contributed by atoms with Gasteiger partial charge in [-0.1, -0.05) is 0 Å². The maximum Gasteiger partial charge on any atom is 0.214 e. The summed E-state index contributed by atoms with van der Waals surface area (Å²) in [7, 11) is 0. The lowest BCUT2D eigenvalue weighted by Crippen LogP contribution is -2.05. The third-order valence-electron chi connectivity index (χ3n) is 4.92. The number of aliphatic hydroxyl groups is 1. The summed E-state index contributed by atoms with van der Waals surface area (Å²) in [6.45, 7) is 3.81. The van der Waals surface area contributed by atoms with Crippen LogP contribution in [-0.4, -0.2) is 34.5 Å². The highest BCUT2D eigenvalue weighted by Crippen LogP contribution is 2.36. The number of aryl methyl sites for hydroxylation is 1. The van der Waals surface area contributed by atoms with Crippen molar-refractivity contribution in [3.63, 3.8) is 0 Å². The quantitative estimate of drug-likeness (QED) is 0.646. The second-order valence-electron chi connectivity index (χ2n) is 6.95. The van der Waals surface area contributed by atoms with Gasteiger partial charge in [-0.05, 0) is 54.8 Å². The number of aliphatic hydroxyl groups excluding tert-OH is 1. The number of fused-ring (bicyclic) bond motifs is 1. The zero-order valence-corrected chi connectivity index (χ0v) is 16.2. The lowest BCUT2D eigenvalue weighted by Gasteiger charge is -2.14. The number of ether oxygens (including phenoxy) is 1. The summed E-state index contributed by atoms with van der Waals surface area (Å²) >= 11 is 0. The summed E-state index contributed by atoms with van der Waals surface area (Å²) in [4.78, 5) is 13.5. The molecule has 148 valence electrons.